The van der Waals surface area contributed by atoms with E-state index in [1.54, 1.807) is 51.1 Å². The fourth-order valence-electron chi connectivity index (χ4n) is 4.53. The smallest absolute Gasteiger partial charge is 0.419 e. The monoisotopic (exact) mass is 498 g/mol. The number of benzene rings is 2. The molecule has 2 heterocycles. The van der Waals surface area contributed by atoms with Gasteiger partial charge in [-0.15, -0.1) is 0 Å². The van der Waals surface area contributed by atoms with Gasteiger partial charge in [0.25, 0.3) is 0 Å². The summed E-state index contributed by atoms with van der Waals surface area (Å²) in [6.45, 7) is 7.34. The van der Waals surface area contributed by atoms with Crippen molar-refractivity contribution in [2.75, 3.05) is 13.7 Å². The largest absolute Gasteiger partial charge is 0.469 e. The van der Waals surface area contributed by atoms with Crippen molar-refractivity contribution in [3.63, 3.8) is 0 Å². The van der Waals surface area contributed by atoms with Crippen molar-refractivity contribution in [1.29, 1.82) is 0 Å². The Morgan fingerprint density at radius 3 is 2.34 bits per heavy atom. The van der Waals surface area contributed by atoms with E-state index >= 15 is 0 Å². The zero-order valence-corrected chi connectivity index (χ0v) is 21.4. The predicted octanol–water partition coefficient (Wildman–Crippen LogP) is 4.58. The minimum Gasteiger partial charge on any atom is -0.469 e. The van der Waals surface area contributed by atoms with Crippen molar-refractivity contribution in [3.05, 3.63) is 65.4 Å². The molecule has 0 spiro atoms. The molecule has 4 rings (SSSR count). The number of para-hydroxylation sites is 1. The highest BCUT2D eigenvalue weighted by molar-refractivity contribution is 7.89. The topological polar surface area (TPSA) is 94.9 Å². The molecule has 0 fully saturated rings. The maximum atomic E-state index is 13.8. The second-order valence-electron chi connectivity index (χ2n) is 9.67. The first-order valence-corrected chi connectivity index (χ1v) is 12.9. The van der Waals surface area contributed by atoms with Crippen LogP contribution in [0, 0.1) is 6.92 Å². The van der Waals surface area contributed by atoms with Gasteiger partial charge in [-0.1, -0.05) is 35.9 Å². The molecule has 0 aliphatic carbocycles. The van der Waals surface area contributed by atoms with Crippen LogP contribution in [-0.4, -0.2) is 48.6 Å². The molecule has 1 atom stereocenters. The first kappa shape index (κ1) is 24.9. The summed E-state index contributed by atoms with van der Waals surface area (Å²) < 4.78 is 40.9. The zero-order valence-electron chi connectivity index (χ0n) is 20.6. The van der Waals surface area contributed by atoms with Crippen molar-refractivity contribution in [2.45, 2.75) is 57.1 Å². The van der Waals surface area contributed by atoms with E-state index in [4.69, 9.17) is 9.47 Å². The summed E-state index contributed by atoms with van der Waals surface area (Å²) >= 11 is 0. The quantitative estimate of drug-likeness (QED) is 0.489. The van der Waals surface area contributed by atoms with Gasteiger partial charge >= 0.3 is 12.1 Å². The summed E-state index contributed by atoms with van der Waals surface area (Å²) in [6, 6.07) is 13.0. The lowest BCUT2D eigenvalue weighted by atomic mass is 9.97. The van der Waals surface area contributed by atoms with Crippen LogP contribution in [0.4, 0.5) is 4.79 Å². The number of fused-ring (bicyclic) bond motifs is 3. The average Bonchev–Trinajstić information content (AvgIpc) is 3.13. The van der Waals surface area contributed by atoms with E-state index < -0.39 is 33.7 Å². The van der Waals surface area contributed by atoms with Gasteiger partial charge in [0.15, 0.2) is 0 Å². The van der Waals surface area contributed by atoms with E-state index in [2.05, 4.69) is 0 Å². The molecule has 0 saturated heterocycles. The highest BCUT2D eigenvalue weighted by Gasteiger charge is 2.42. The summed E-state index contributed by atoms with van der Waals surface area (Å²) in [5, 5.41) is 0.829. The minimum absolute atomic E-state index is 0.126. The highest BCUT2D eigenvalue weighted by Crippen LogP contribution is 2.41. The first-order valence-electron chi connectivity index (χ1n) is 11.4. The third-order valence-electron chi connectivity index (χ3n) is 6.06. The molecule has 0 saturated carbocycles. The lowest BCUT2D eigenvalue weighted by Crippen LogP contribution is -2.42. The van der Waals surface area contributed by atoms with Crippen LogP contribution < -0.4 is 0 Å². The molecular weight excluding hydrogens is 468 g/mol. The molecule has 186 valence electrons. The van der Waals surface area contributed by atoms with Crippen molar-refractivity contribution < 1.29 is 27.5 Å². The molecule has 0 amide bonds. The number of hydrogen-bond donors (Lipinski definition) is 0. The Hall–Kier alpha value is -3.17. The van der Waals surface area contributed by atoms with Crippen LogP contribution >= 0.6 is 0 Å². The Labute approximate surface area is 205 Å². The van der Waals surface area contributed by atoms with Crippen molar-refractivity contribution in [3.8, 4) is 0 Å². The second-order valence-corrected chi connectivity index (χ2v) is 11.6. The van der Waals surface area contributed by atoms with Crippen LogP contribution in [0.2, 0.25) is 0 Å². The van der Waals surface area contributed by atoms with E-state index in [1.807, 2.05) is 25.1 Å². The molecule has 35 heavy (non-hydrogen) atoms. The van der Waals surface area contributed by atoms with Crippen LogP contribution in [0.15, 0.2) is 53.4 Å². The van der Waals surface area contributed by atoms with E-state index in [9.17, 15) is 18.0 Å². The SMILES string of the molecule is COC(=O)CC1c2c(c3ccccc3n2C(=O)OC(C)(C)C)CCN1S(=O)(=O)c1ccc(C)cc1. The summed E-state index contributed by atoms with van der Waals surface area (Å²) in [5.41, 5.74) is 2.04. The van der Waals surface area contributed by atoms with E-state index in [0.717, 1.165) is 16.5 Å². The van der Waals surface area contributed by atoms with Crippen molar-refractivity contribution >= 4 is 33.0 Å². The summed E-state index contributed by atoms with van der Waals surface area (Å²) in [7, 11) is -2.72. The van der Waals surface area contributed by atoms with Gasteiger partial charge in [-0.05, 0) is 57.9 Å². The number of carbonyl (C=O) groups is 2. The Morgan fingerprint density at radius 1 is 1.06 bits per heavy atom. The standard InChI is InChI=1S/C26H30N2O6S/c1-17-10-12-18(13-11-17)35(31,32)27-15-14-20-19-8-6-7-9-21(19)28(25(30)34-26(2,3)4)24(20)22(27)16-23(29)33-5/h6-13,22H,14-16H2,1-5H3. The van der Waals surface area contributed by atoms with Crippen LogP contribution in [0.3, 0.4) is 0 Å². The maximum absolute atomic E-state index is 13.8. The number of rotatable bonds is 4. The Balaban J connectivity index is 1.94. The molecule has 0 N–H and O–H groups in total. The third-order valence-corrected chi connectivity index (χ3v) is 7.98. The lowest BCUT2D eigenvalue weighted by molar-refractivity contribution is -0.141. The van der Waals surface area contributed by atoms with Gasteiger partial charge in [0.2, 0.25) is 10.0 Å². The van der Waals surface area contributed by atoms with Crippen LogP contribution in [0.25, 0.3) is 10.9 Å². The molecule has 2 aromatic carbocycles. The molecule has 3 aromatic rings. The molecule has 1 unspecified atom stereocenters. The molecule has 1 aliphatic heterocycles. The lowest BCUT2D eigenvalue weighted by Gasteiger charge is -2.35. The first-order chi connectivity index (χ1) is 16.4. The number of ether oxygens (including phenoxy) is 2. The molecule has 9 heteroatoms. The number of aromatic nitrogens is 1. The number of methoxy groups -OCH3 is 1. The van der Waals surface area contributed by atoms with Gasteiger partial charge in [0.1, 0.15) is 5.60 Å². The Kier molecular flexibility index (Phi) is 6.50. The molecule has 8 nitrogen and oxygen atoms in total. The van der Waals surface area contributed by atoms with E-state index in [-0.39, 0.29) is 17.9 Å². The van der Waals surface area contributed by atoms with Crippen LogP contribution in [0.1, 0.15) is 50.1 Å². The fourth-order valence-corrected chi connectivity index (χ4v) is 6.12. The Bertz CT molecular complexity index is 1380. The van der Waals surface area contributed by atoms with Gasteiger partial charge < -0.3 is 9.47 Å². The van der Waals surface area contributed by atoms with Gasteiger partial charge in [0.05, 0.1) is 35.7 Å². The van der Waals surface area contributed by atoms with Crippen molar-refractivity contribution in [1.82, 2.24) is 8.87 Å². The molecule has 1 aromatic heterocycles. The number of nitrogens with zero attached hydrogens (tertiary/aromatic N) is 2. The number of aryl methyl sites for hydroxylation is 1. The second kappa shape index (κ2) is 9.13. The Morgan fingerprint density at radius 2 is 1.71 bits per heavy atom. The number of esters is 1. The number of sulfonamides is 1. The fraction of sp³-hybridized carbons (Fsp3) is 0.385. The predicted molar refractivity (Wildman–Crippen MR) is 132 cm³/mol. The van der Waals surface area contributed by atoms with Gasteiger partial charge in [0, 0.05) is 11.9 Å². The summed E-state index contributed by atoms with van der Waals surface area (Å²) in [5.74, 6) is -0.576. The van der Waals surface area contributed by atoms with E-state index in [1.165, 1.54) is 16.0 Å². The molecule has 0 bridgehead atoms. The zero-order chi connectivity index (χ0) is 25.5. The average molecular weight is 499 g/mol. The number of hydrogen-bond acceptors (Lipinski definition) is 6. The number of carbonyl (C=O) groups excluding carboxylic acids is 2. The maximum Gasteiger partial charge on any atom is 0.419 e. The van der Waals surface area contributed by atoms with Gasteiger partial charge in [-0.25, -0.2) is 17.8 Å². The van der Waals surface area contributed by atoms with Crippen LogP contribution in [0.5, 0.6) is 0 Å². The molecule has 0 radical (unpaired) electrons. The molecular formula is C26H30N2O6S. The minimum atomic E-state index is -3.98. The third kappa shape index (κ3) is 4.70. The normalized spacial score (nSPS) is 16.7. The van der Waals surface area contributed by atoms with Gasteiger partial charge in [-0.2, -0.15) is 4.31 Å². The van der Waals surface area contributed by atoms with Crippen LogP contribution in [-0.2, 0) is 30.7 Å². The van der Waals surface area contributed by atoms with Gasteiger partial charge in [-0.3, -0.25) is 4.79 Å². The van der Waals surface area contributed by atoms with Crippen molar-refractivity contribution in [2.24, 2.45) is 0 Å². The van der Waals surface area contributed by atoms with E-state index in [0.29, 0.717) is 17.6 Å². The molecule has 1 aliphatic rings. The summed E-state index contributed by atoms with van der Waals surface area (Å²) in [4.78, 5) is 26.1. The highest BCUT2D eigenvalue weighted by atomic mass is 32.2. The summed E-state index contributed by atoms with van der Waals surface area (Å²) in [6.07, 6.45) is -0.485.